The van der Waals surface area contributed by atoms with E-state index in [1.54, 1.807) is 20.3 Å². The lowest BCUT2D eigenvalue weighted by atomic mass is 9.67. The Bertz CT molecular complexity index is 1510. The molecule has 0 amide bonds. The van der Waals surface area contributed by atoms with Gasteiger partial charge >= 0.3 is 0 Å². The van der Waals surface area contributed by atoms with Crippen molar-refractivity contribution >= 4 is 5.82 Å². The molecule has 234 valence electrons. The molecule has 0 radical (unpaired) electrons. The first-order valence-corrected chi connectivity index (χ1v) is 15.9. The third-order valence-electron chi connectivity index (χ3n) is 10.3. The Labute approximate surface area is 259 Å². The Morgan fingerprint density at radius 2 is 1.80 bits per heavy atom. The summed E-state index contributed by atoms with van der Waals surface area (Å²) in [5.74, 6) is 2.34. The van der Waals surface area contributed by atoms with Crippen molar-refractivity contribution in [1.29, 1.82) is 0 Å². The molecular weight excluding hydrogens is 559 g/mol. The highest BCUT2D eigenvalue weighted by Crippen LogP contribution is 2.51. The number of hydrogen-bond donors (Lipinski definition) is 0. The van der Waals surface area contributed by atoms with Gasteiger partial charge in [-0.2, -0.15) is 0 Å². The SMILES string of the molecule is COC1(OC)CC([C@H](C(C)C)N2CC3(CCN(c4ncnnc4Oc4ccc(F)cc4-c4ncc(C)cc4C4CC4)C3)C2)C1. The van der Waals surface area contributed by atoms with Crippen LogP contribution in [0.25, 0.3) is 11.3 Å². The molecule has 2 aliphatic carbocycles. The fourth-order valence-corrected chi connectivity index (χ4v) is 8.01. The fourth-order valence-electron chi connectivity index (χ4n) is 8.01. The van der Waals surface area contributed by atoms with E-state index in [4.69, 9.17) is 19.2 Å². The van der Waals surface area contributed by atoms with Crippen LogP contribution in [-0.2, 0) is 9.47 Å². The second kappa shape index (κ2) is 11.3. The molecule has 4 fully saturated rings. The van der Waals surface area contributed by atoms with Crippen molar-refractivity contribution in [2.75, 3.05) is 45.3 Å². The van der Waals surface area contributed by atoms with Crippen LogP contribution in [0.2, 0.25) is 0 Å². The third-order valence-corrected chi connectivity index (χ3v) is 10.3. The first-order chi connectivity index (χ1) is 21.2. The Morgan fingerprint density at radius 1 is 1.02 bits per heavy atom. The van der Waals surface area contributed by atoms with Gasteiger partial charge in [-0.1, -0.05) is 19.9 Å². The molecule has 4 aliphatic rings. The maximum atomic E-state index is 14.6. The molecule has 0 bridgehead atoms. The van der Waals surface area contributed by atoms with Crippen molar-refractivity contribution in [2.45, 2.75) is 70.6 Å². The molecule has 0 unspecified atom stereocenters. The third kappa shape index (κ3) is 5.35. The van der Waals surface area contributed by atoms with Crippen LogP contribution in [0.1, 0.15) is 63.0 Å². The number of anilines is 1. The lowest BCUT2D eigenvalue weighted by Gasteiger charge is -2.58. The van der Waals surface area contributed by atoms with Gasteiger partial charge in [0.15, 0.2) is 11.6 Å². The van der Waals surface area contributed by atoms with Gasteiger partial charge in [-0.25, -0.2) is 9.37 Å². The standard InChI is InChI=1S/C34H43FN6O3/c1-21(2)30(24-14-34(15-24,42-4)43-5)41-18-33(19-41)10-11-40(17-33)31-32(39-38-20-37-31)44-28-9-8-25(35)13-27(28)29-26(23-6-7-23)12-22(3)16-36-29/h8-9,12-13,16,20-21,23-24,30H,6-7,10-11,14-15,17-19H2,1-5H3/t30-/m0/s1. The van der Waals surface area contributed by atoms with E-state index in [2.05, 4.69) is 44.9 Å². The van der Waals surface area contributed by atoms with Gasteiger partial charge in [0.2, 0.25) is 0 Å². The minimum Gasteiger partial charge on any atom is -0.434 e. The van der Waals surface area contributed by atoms with Gasteiger partial charge in [0.25, 0.3) is 5.88 Å². The highest BCUT2D eigenvalue weighted by Gasteiger charge is 2.56. The van der Waals surface area contributed by atoms with Crippen molar-refractivity contribution in [3.63, 3.8) is 0 Å². The average molecular weight is 603 g/mol. The molecule has 4 heterocycles. The molecule has 7 rings (SSSR count). The van der Waals surface area contributed by atoms with Crippen LogP contribution >= 0.6 is 0 Å². The summed E-state index contributed by atoms with van der Waals surface area (Å²) in [4.78, 5) is 14.3. The Hall–Kier alpha value is -3.21. The monoisotopic (exact) mass is 602 g/mol. The number of pyridine rings is 1. The molecule has 9 nitrogen and oxygen atoms in total. The summed E-state index contributed by atoms with van der Waals surface area (Å²) < 4.78 is 32.4. The van der Waals surface area contributed by atoms with Crippen molar-refractivity contribution in [3.05, 3.63) is 53.7 Å². The number of methoxy groups -OCH3 is 2. The predicted octanol–water partition coefficient (Wildman–Crippen LogP) is 5.99. The van der Waals surface area contributed by atoms with E-state index in [0.29, 0.717) is 46.8 Å². The Balaban J connectivity index is 1.08. The highest BCUT2D eigenvalue weighted by molar-refractivity contribution is 5.72. The number of halogens is 1. The minimum absolute atomic E-state index is 0.213. The first-order valence-electron chi connectivity index (χ1n) is 15.9. The zero-order valence-corrected chi connectivity index (χ0v) is 26.4. The number of benzene rings is 1. The zero-order valence-electron chi connectivity index (χ0n) is 26.4. The van der Waals surface area contributed by atoms with Gasteiger partial charge in [0.1, 0.15) is 17.9 Å². The summed E-state index contributed by atoms with van der Waals surface area (Å²) in [6.45, 7) is 10.6. The topological polar surface area (TPSA) is 85.7 Å². The van der Waals surface area contributed by atoms with Crippen LogP contribution in [-0.4, -0.2) is 77.3 Å². The van der Waals surface area contributed by atoms with Crippen LogP contribution < -0.4 is 9.64 Å². The van der Waals surface area contributed by atoms with E-state index < -0.39 is 5.79 Å². The smallest absolute Gasteiger partial charge is 0.282 e. The molecule has 2 aliphatic heterocycles. The van der Waals surface area contributed by atoms with E-state index in [9.17, 15) is 4.39 Å². The minimum atomic E-state index is -0.416. The normalized spacial score (nSPS) is 21.8. The molecule has 2 saturated carbocycles. The van der Waals surface area contributed by atoms with Crippen molar-refractivity contribution in [2.24, 2.45) is 17.3 Å². The number of likely N-dealkylation sites (tertiary alicyclic amines) is 1. The molecule has 0 N–H and O–H groups in total. The number of aryl methyl sites for hydroxylation is 1. The summed E-state index contributed by atoms with van der Waals surface area (Å²) in [7, 11) is 3.50. The summed E-state index contributed by atoms with van der Waals surface area (Å²) >= 11 is 0. The van der Waals surface area contributed by atoms with Crippen molar-refractivity contribution in [1.82, 2.24) is 25.1 Å². The van der Waals surface area contributed by atoms with E-state index >= 15 is 0 Å². The Morgan fingerprint density at radius 3 is 2.50 bits per heavy atom. The van der Waals surface area contributed by atoms with E-state index in [1.165, 1.54) is 18.5 Å². The van der Waals surface area contributed by atoms with Gasteiger partial charge < -0.3 is 19.1 Å². The van der Waals surface area contributed by atoms with E-state index in [0.717, 1.165) is 75.1 Å². The molecule has 2 aromatic heterocycles. The first kappa shape index (κ1) is 29.5. The summed E-state index contributed by atoms with van der Waals surface area (Å²) in [5.41, 5.74) is 3.84. The molecule has 1 aromatic carbocycles. The lowest BCUT2D eigenvalue weighted by Crippen LogP contribution is -2.66. The van der Waals surface area contributed by atoms with Crippen LogP contribution in [0.4, 0.5) is 10.2 Å². The van der Waals surface area contributed by atoms with Crippen LogP contribution in [0, 0.1) is 30.0 Å². The molecule has 1 atom stereocenters. The van der Waals surface area contributed by atoms with E-state index in [1.807, 2.05) is 13.1 Å². The van der Waals surface area contributed by atoms with Crippen LogP contribution in [0.15, 0.2) is 36.8 Å². The maximum absolute atomic E-state index is 14.6. The molecular formula is C34H43FN6O3. The summed E-state index contributed by atoms with van der Waals surface area (Å²) in [6, 6.07) is 7.26. The second-order valence-corrected chi connectivity index (χ2v) is 13.9. The molecule has 44 heavy (non-hydrogen) atoms. The number of aromatic nitrogens is 4. The van der Waals surface area contributed by atoms with Gasteiger partial charge in [-0.3, -0.25) is 9.88 Å². The number of rotatable bonds is 10. The van der Waals surface area contributed by atoms with E-state index in [-0.39, 0.29) is 11.2 Å². The fraction of sp³-hybridized carbons (Fsp3) is 0.588. The van der Waals surface area contributed by atoms with Gasteiger partial charge in [0, 0.05) is 76.5 Å². The molecule has 2 saturated heterocycles. The number of ether oxygens (including phenoxy) is 3. The van der Waals surface area contributed by atoms with Gasteiger partial charge in [-0.05, 0) is 73.3 Å². The lowest BCUT2D eigenvalue weighted by molar-refractivity contribution is -0.282. The molecule has 10 heteroatoms. The largest absolute Gasteiger partial charge is 0.434 e. The van der Waals surface area contributed by atoms with Gasteiger partial charge in [-0.15, -0.1) is 10.2 Å². The highest BCUT2D eigenvalue weighted by atomic mass is 19.1. The zero-order chi connectivity index (χ0) is 30.6. The molecule has 3 aromatic rings. The van der Waals surface area contributed by atoms with Gasteiger partial charge in [0.05, 0.1) is 5.69 Å². The van der Waals surface area contributed by atoms with Crippen LogP contribution in [0.5, 0.6) is 11.6 Å². The van der Waals surface area contributed by atoms with Crippen molar-refractivity contribution < 1.29 is 18.6 Å². The molecule has 1 spiro atoms. The number of nitrogens with zero attached hydrogens (tertiary/aromatic N) is 6. The van der Waals surface area contributed by atoms with Crippen LogP contribution in [0.3, 0.4) is 0 Å². The predicted molar refractivity (Wildman–Crippen MR) is 165 cm³/mol. The summed E-state index contributed by atoms with van der Waals surface area (Å²) in [5, 5.41) is 8.42. The average Bonchev–Trinajstić information content (AvgIpc) is 3.73. The quantitative estimate of drug-likeness (QED) is 0.260. The number of hydrogen-bond acceptors (Lipinski definition) is 9. The van der Waals surface area contributed by atoms with Crippen molar-refractivity contribution in [3.8, 4) is 22.9 Å². The second-order valence-electron chi connectivity index (χ2n) is 13.9. The Kier molecular flexibility index (Phi) is 7.58. The maximum Gasteiger partial charge on any atom is 0.282 e. The summed E-state index contributed by atoms with van der Waals surface area (Å²) in [6.07, 6.45) is 8.52.